The van der Waals surface area contributed by atoms with E-state index in [1.54, 1.807) is 6.07 Å². The molecule has 1 saturated heterocycles. The van der Waals surface area contributed by atoms with Crippen molar-refractivity contribution in [1.29, 1.82) is 0 Å². The summed E-state index contributed by atoms with van der Waals surface area (Å²) in [6, 6.07) is 4.53. The Morgan fingerprint density at radius 1 is 1.41 bits per heavy atom. The van der Waals surface area contributed by atoms with Crippen molar-refractivity contribution < 1.29 is 9.18 Å². The van der Waals surface area contributed by atoms with E-state index in [0.29, 0.717) is 28.1 Å². The average Bonchev–Trinajstić information content (AvgIpc) is 3.09. The fraction of sp³-hybridized carbons (Fsp3) is 0.333. The van der Waals surface area contributed by atoms with E-state index in [1.165, 1.54) is 25.5 Å². The van der Waals surface area contributed by atoms with Crippen molar-refractivity contribution in [3.05, 3.63) is 35.9 Å². The Balaban J connectivity index is 1.87. The van der Waals surface area contributed by atoms with Gasteiger partial charge in [-0.1, -0.05) is 6.07 Å². The van der Waals surface area contributed by atoms with Gasteiger partial charge in [0.05, 0.1) is 17.0 Å². The number of carbonyl (C=O) groups excluding carboxylic acids is 1. The van der Waals surface area contributed by atoms with Gasteiger partial charge in [0.25, 0.3) is 5.91 Å². The lowest BCUT2D eigenvalue weighted by Gasteiger charge is -2.23. The Kier molecular flexibility index (Phi) is 4.44. The lowest BCUT2D eigenvalue weighted by Crippen LogP contribution is -2.32. The summed E-state index contributed by atoms with van der Waals surface area (Å²) in [4.78, 5) is 20.2. The molecule has 4 rings (SSSR count). The van der Waals surface area contributed by atoms with Crippen molar-refractivity contribution in [3.8, 4) is 11.3 Å². The van der Waals surface area contributed by atoms with Crippen molar-refractivity contribution in [2.75, 3.05) is 25.9 Å². The summed E-state index contributed by atoms with van der Waals surface area (Å²) in [5.74, 6) is -0.810. The maximum Gasteiger partial charge on any atom is 0.253 e. The van der Waals surface area contributed by atoms with E-state index in [-0.39, 0.29) is 11.6 Å². The molecule has 1 aromatic carbocycles. The van der Waals surface area contributed by atoms with Crippen LogP contribution in [0.25, 0.3) is 22.3 Å². The molecule has 2 aromatic heterocycles. The Morgan fingerprint density at radius 3 is 2.96 bits per heavy atom. The van der Waals surface area contributed by atoms with Crippen molar-refractivity contribution in [3.63, 3.8) is 0 Å². The zero-order chi connectivity index (χ0) is 19.0. The molecule has 0 spiro atoms. The number of carbonyl (C=O) groups is 1. The zero-order valence-corrected chi connectivity index (χ0v) is 14.9. The van der Waals surface area contributed by atoms with Crippen LogP contribution in [0.3, 0.4) is 0 Å². The number of piperidine rings is 1. The lowest BCUT2D eigenvalue weighted by atomic mass is 10.1. The highest BCUT2D eigenvalue weighted by Crippen LogP contribution is 2.33. The van der Waals surface area contributed by atoms with Crippen LogP contribution < -0.4 is 16.4 Å². The predicted molar refractivity (Wildman–Crippen MR) is 99.7 cm³/mol. The number of nitrogen functional groups attached to an aromatic ring is 1. The molecule has 27 heavy (non-hydrogen) atoms. The minimum Gasteiger partial charge on any atom is -0.383 e. The molecule has 3 heterocycles. The second-order valence-electron chi connectivity index (χ2n) is 6.52. The highest BCUT2D eigenvalue weighted by molar-refractivity contribution is 5.99. The van der Waals surface area contributed by atoms with Crippen LogP contribution in [-0.4, -0.2) is 45.8 Å². The standard InChI is InChI=1S/C18H20FN7O/c1-21-18(27)12-5-4-10(7-13(12)19)15-14-16(20)23-9-24-17(14)26(25-15)11-3-2-6-22-8-11/h4-5,7,9,11,22H,2-3,6,8H2,1H3,(H,21,27)(H2,20,23,24)/t11-/m1/s1. The van der Waals surface area contributed by atoms with E-state index >= 15 is 0 Å². The maximum absolute atomic E-state index is 14.5. The first-order valence-corrected chi connectivity index (χ1v) is 8.81. The van der Waals surface area contributed by atoms with Gasteiger partial charge in [-0.15, -0.1) is 0 Å². The molecule has 4 N–H and O–H groups in total. The first kappa shape index (κ1) is 17.3. The molecule has 1 atom stereocenters. The number of hydrogen-bond acceptors (Lipinski definition) is 6. The van der Waals surface area contributed by atoms with Gasteiger partial charge in [0.1, 0.15) is 23.7 Å². The normalized spacial score (nSPS) is 17.2. The van der Waals surface area contributed by atoms with Crippen molar-refractivity contribution in [2.24, 2.45) is 0 Å². The first-order valence-electron chi connectivity index (χ1n) is 8.81. The minimum atomic E-state index is -0.621. The number of fused-ring (bicyclic) bond motifs is 1. The quantitative estimate of drug-likeness (QED) is 0.645. The molecule has 0 bridgehead atoms. The highest BCUT2D eigenvalue weighted by atomic mass is 19.1. The number of nitrogens with zero attached hydrogens (tertiary/aromatic N) is 4. The van der Waals surface area contributed by atoms with Crippen molar-refractivity contribution >= 4 is 22.8 Å². The number of benzene rings is 1. The SMILES string of the molecule is CNC(=O)c1ccc(-c2nn([C@@H]3CCCNC3)c3ncnc(N)c23)cc1F. The third-order valence-corrected chi connectivity index (χ3v) is 4.85. The van der Waals surface area contributed by atoms with Crippen molar-refractivity contribution in [2.45, 2.75) is 18.9 Å². The van der Waals surface area contributed by atoms with Gasteiger partial charge in [-0.05, 0) is 31.5 Å². The summed E-state index contributed by atoms with van der Waals surface area (Å²) in [5.41, 5.74) is 7.73. The molecule has 9 heteroatoms. The molecule has 1 aliphatic heterocycles. The van der Waals surface area contributed by atoms with Gasteiger partial charge in [-0.25, -0.2) is 19.0 Å². The van der Waals surface area contributed by atoms with Gasteiger partial charge in [0, 0.05) is 19.2 Å². The Labute approximate surface area is 155 Å². The van der Waals surface area contributed by atoms with E-state index in [2.05, 4.69) is 20.6 Å². The molecule has 140 valence electrons. The summed E-state index contributed by atoms with van der Waals surface area (Å²) in [7, 11) is 1.46. The van der Waals surface area contributed by atoms with E-state index < -0.39 is 11.7 Å². The van der Waals surface area contributed by atoms with Crippen LogP contribution in [0.4, 0.5) is 10.2 Å². The van der Waals surface area contributed by atoms with Gasteiger partial charge >= 0.3 is 0 Å². The maximum atomic E-state index is 14.5. The van der Waals surface area contributed by atoms with Crippen LogP contribution in [0.2, 0.25) is 0 Å². The monoisotopic (exact) mass is 369 g/mol. The van der Waals surface area contributed by atoms with E-state index in [9.17, 15) is 9.18 Å². The third kappa shape index (κ3) is 2.99. The highest BCUT2D eigenvalue weighted by Gasteiger charge is 2.24. The summed E-state index contributed by atoms with van der Waals surface area (Å²) in [6.45, 7) is 1.76. The van der Waals surface area contributed by atoms with Crippen LogP contribution in [-0.2, 0) is 0 Å². The molecular formula is C18H20FN7O. The largest absolute Gasteiger partial charge is 0.383 e. The fourth-order valence-electron chi connectivity index (χ4n) is 3.48. The molecule has 0 unspecified atom stereocenters. The van der Waals surface area contributed by atoms with Crippen LogP contribution in [0, 0.1) is 5.82 Å². The number of hydrogen-bond donors (Lipinski definition) is 3. The number of anilines is 1. The van der Waals surface area contributed by atoms with Gasteiger partial charge in [0.2, 0.25) is 0 Å². The van der Waals surface area contributed by atoms with E-state index in [4.69, 9.17) is 10.8 Å². The fourth-order valence-corrected chi connectivity index (χ4v) is 3.48. The lowest BCUT2D eigenvalue weighted by molar-refractivity contribution is 0.0959. The van der Waals surface area contributed by atoms with Gasteiger partial charge < -0.3 is 16.4 Å². The minimum absolute atomic E-state index is 0.0225. The summed E-state index contributed by atoms with van der Waals surface area (Å²) < 4.78 is 16.3. The third-order valence-electron chi connectivity index (χ3n) is 4.85. The van der Waals surface area contributed by atoms with Crippen molar-refractivity contribution in [1.82, 2.24) is 30.4 Å². The number of nitrogens with one attached hydrogen (secondary N) is 2. The number of aromatic nitrogens is 4. The molecule has 0 saturated carbocycles. The number of halogens is 1. The Bertz CT molecular complexity index is 1010. The Hall–Kier alpha value is -3.07. The zero-order valence-electron chi connectivity index (χ0n) is 14.9. The van der Waals surface area contributed by atoms with E-state index in [1.807, 2.05) is 4.68 Å². The molecule has 1 aliphatic rings. The van der Waals surface area contributed by atoms with Gasteiger partial charge in [-0.3, -0.25) is 4.79 Å². The molecule has 0 radical (unpaired) electrons. The molecule has 3 aromatic rings. The van der Waals surface area contributed by atoms with Gasteiger partial charge in [-0.2, -0.15) is 5.10 Å². The molecule has 8 nitrogen and oxygen atoms in total. The average molecular weight is 369 g/mol. The predicted octanol–water partition coefficient (Wildman–Crippen LogP) is 1.50. The summed E-state index contributed by atoms with van der Waals surface area (Å²) in [5, 5.41) is 11.1. The summed E-state index contributed by atoms with van der Waals surface area (Å²) >= 11 is 0. The van der Waals surface area contributed by atoms with E-state index in [0.717, 1.165) is 25.9 Å². The van der Waals surface area contributed by atoms with Gasteiger partial charge in [0.15, 0.2) is 5.65 Å². The second-order valence-corrected chi connectivity index (χ2v) is 6.52. The molecule has 0 aliphatic carbocycles. The smallest absolute Gasteiger partial charge is 0.253 e. The number of nitrogens with two attached hydrogens (primary N) is 1. The van der Waals surface area contributed by atoms with Crippen LogP contribution >= 0.6 is 0 Å². The van der Waals surface area contributed by atoms with Crippen LogP contribution in [0.15, 0.2) is 24.5 Å². The second kappa shape index (κ2) is 6.92. The number of rotatable bonds is 3. The first-order chi connectivity index (χ1) is 13.1. The topological polar surface area (TPSA) is 111 Å². The molecule has 1 fully saturated rings. The van der Waals surface area contributed by atoms with Crippen LogP contribution in [0.1, 0.15) is 29.2 Å². The number of amides is 1. The Morgan fingerprint density at radius 2 is 2.26 bits per heavy atom. The summed E-state index contributed by atoms with van der Waals surface area (Å²) in [6.07, 6.45) is 3.42. The molecular weight excluding hydrogens is 349 g/mol. The van der Waals surface area contributed by atoms with Crippen LogP contribution in [0.5, 0.6) is 0 Å². The molecule has 1 amide bonds.